The lowest BCUT2D eigenvalue weighted by molar-refractivity contribution is -0.105. The molecule has 0 bridgehead atoms. The van der Waals surface area contributed by atoms with Gasteiger partial charge in [0.1, 0.15) is 6.29 Å². The van der Waals surface area contributed by atoms with Gasteiger partial charge in [-0.3, -0.25) is 4.79 Å². The van der Waals surface area contributed by atoms with E-state index >= 15 is 0 Å². The Morgan fingerprint density at radius 2 is 2.19 bits per heavy atom. The molecule has 0 unspecified atom stereocenters. The highest BCUT2D eigenvalue weighted by Crippen LogP contribution is 2.47. The zero-order valence-electron chi connectivity index (χ0n) is 10.4. The van der Waals surface area contributed by atoms with Crippen molar-refractivity contribution in [2.75, 3.05) is 0 Å². The monoisotopic (exact) mass is 218 g/mol. The maximum Gasteiger partial charge on any atom is 0.145 e. The van der Waals surface area contributed by atoms with Gasteiger partial charge in [0.2, 0.25) is 0 Å². The van der Waals surface area contributed by atoms with E-state index in [1.54, 1.807) is 0 Å². The van der Waals surface area contributed by atoms with Gasteiger partial charge < -0.3 is 0 Å². The largest absolute Gasteiger partial charge is 0.298 e. The summed E-state index contributed by atoms with van der Waals surface area (Å²) in [4.78, 5) is 10.9. The third-order valence-corrected chi connectivity index (χ3v) is 4.58. The Morgan fingerprint density at radius 3 is 2.81 bits per heavy atom. The summed E-state index contributed by atoms with van der Waals surface area (Å²) in [7, 11) is 0. The number of carbonyl (C=O) groups is 1. The summed E-state index contributed by atoms with van der Waals surface area (Å²) in [6.45, 7) is 8.63. The van der Waals surface area contributed by atoms with E-state index in [1.165, 1.54) is 24.8 Å². The van der Waals surface area contributed by atoms with Gasteiger partial charge in [0.25, 0.3) is 0 Å². The Labute approximate surface area is 98.6 Å². The lowest BCUT2D eigenvalue weighted by Gasteiger charge is -2.43. The third kappa shape index (κ3) is 2.00. The van der Waals surface area contributed by atoms with Crippen molar-refractivity contribution < 1.29 is 4.79 Å². The van der Waals surface area contributed by atoms with E-state index in [0.29, 0.717) is 11.8 Å². The fourth-order valence-electron chi connectivity index (χ4n) is 3.58. The molecule has 0 aromatic rings. The molecule has 0 aromatic heterocycles. The van der Waals surface area contributed by atoms with Crippen molar-refractivity contribution in [3.8, 4) is 0 Å². The van der Waals surface area contributed by atoms with Crippen LogP contribution in [0, 0.1) is 23.7 Å². The van der Waals surface area contributed by atoms with Crippen LogP contribution in [0.5, 0.6) is 0 Å². The molecule has 0 amide bonds. The molecule has 88 valence electrons. The summed E-state index contributed by atoms with van der Waals surface area (Å²) in [5.41, 5.74) is 2.31. The molecule has 2 aliphatic rings. The molecular weight excluding hydrogens is 196 g/mol. The van der Waals surface area contributed by atoms with Gasteiger partial charge in [-0.2, -0.15) is 0 Å². The van der Waals surface area contributed by atoms with Crippen LogP contribution in [-0.2, 0) is 4.79 Å². The first-order valence-electron chi connectivity index (χ1n) is 6.44. The van der Waals surface area contributed by atoms with Crippen LogP contribution >= 0.6 is 0 Å². The summed E-state index contributed by atoms with van der Waals surface area (Å²) in [5.74, 6) is 2.77. The van der Waals surface area contributed by atoms with Crippen LogP contribution in [0.1, 0.15) is 39.5 Å². The first-order chi connectivity index (χ1) is 7.63. The first kappa shape index (κ1) is 11.6. The molecule has 1 nitrogen and oxygen atoms in total. The van der Waals surface area contributed by atoms with Crippen LogP contribution in [0.15, 0.2) is 23.8 Å². The van der Waals surface area contributed by atoms with Crippen molar-refractivity contribution in [3.63, 3.8) is 0 Å². The van der Waals surface area contributed by atoms with Crippen LogP contribution < -0.4 is 0 Å². The summed E-state index contributed by atoms with van der Waals surface area (Å²) in [5, 5.41) is 0. The van der Waals surface area contributed by atoms with Crippen LogP contribution in [0.4, 0.5) is 0 Å². The second kappa shape index (κ2) is 4.57. The SMILES string of the molecule is C=C(C)[C@@H]1CC[C@@H](C)[C@@H]2CCC(C=O)=C[C@H]21. The maximum atomic E-state index is 10.9. The van der Waals surface area contributed by atoms with Crippen LogP contribution in [0.25, 0.3) is 0 Å². The molecule has 0 spiro atoms. The molecule has 0 N–H and O–H groups in total. The van der Waals surface area contributed by atoms with Crippen molar-refractivity contribution in [3.05, 3.63) is 23.8 Å². The number of allylic oxidation sites excluding steroid dienone is 3. The minimum Gasteiger partial charge on any atom is -0.298 e. The molecule has 16 heavy (non-hydrogen) atoms. The Morgan fingerprint density at radius 1 is 1.44 bits per heavy atom. The average molecular weight is 218 g/mol. The minimum atomic E-state index is 0.579. The molecule has 2 rings (SSSR count). The van der Waals surface area contributed by atoms with E-state index in [9.17, 15) is 4.79 Å². The molecule has 0 aromatic carbocycles. The van der Waals surface area contributed by atoms with E-state index in [0.717, 1.165) is 30.1 Å². The van der Waals surface area contributed by atoms with Crippen molar-refractivity contribution in [2.45, 2.75) is 39.5 Å². The van der Waals surface area contributed by atoms with Crippen molar-refractivity contribution in [2.24, 2.45) is 23.7 Å². The molecule has 0 aliphatic heterocycles. The van der Waals surface area contributed by atoms with Crippen molar-refractivity contribution in [1.82, 2.24) is 0 Å². The van der Waals surface area contributed by atoms with Gasteiger partial charge in [-0.1, -0.05) is 25.2 Å². The number of hydrogen-bond acceptors (Lipinski definition) is 1. The smallest absolute Gasteiger partial charge is 0.145 e. The molecule has 2 aliphatic carbocycles. The number of aldehydes is 1. The Kier molecular flexibility index (Phi) is 3.32. The van der Waals surface area contributed by atoms with Crippen LogP contribution in [0.3, 0.4) is 0 Å². The number of fused-ring (bicyclic) bond motifs is 1. The van der Waals surface area contributed by atoms with E-state index in [-0.39, 0.29) is 0 Å². The number of carbonyl (C=O) groups excluding carboxylic acids is 1. The van der Waals surface area contributed by atoms with Gasteiger partial charge in [0.05, 0.1) is 0 Å². The molecule has 1 fully saturated rings. The summed E-state index contributed by atoms with van der Waals surface area (Å²) in [6, 6.07) is 0. The predicted molar refractivity (Wildman–Crippen MR) is 67.1 cm³/mol. The topological polar surface area (TPSA) is 17.1 Å². The fourth-order valence-corrected chi connectivity index (χ4v) is 3.58. The van der Waals surface area contributed by atoms with Gasteiger partial charge in [-0.25, -0.2) is 0 Å². The van der Waals surface area contributed by atoms with Gasteiger partial charge in [0, 0.05) is 0 Å². The van der Waals surface area contributed by atoms with Crippen LogP contribution in [0.2, 0.25) is 0 Å². The van der Waals surface area contributed by atoms with E-state index in [2.05, 4.69) is 26.5 Å². The zero-order chi connectivity index (χ0) is 11.7. The number of hydrogen-bond donors (Lipinski definition) is 0. The van der Waals surface area contributed by atoms with E-state index < -0.39 is 0 Å². The highest BCUT2D eigenvalue weighted by molar-refractivity contribution is 5.73. The van der Waals surface area contributed by atoms with Crippen LogP contribution in [-0.4, -0.2) is 6.29 Å². The van der Waals surface area contributed by atoms with Crippen molar-refractivity contribution >= 4 is 6.29 Å². The maximum absolute atomic E-state index is 10.9. The average Bonchev–Trinajstić information content (AvgIpc) is 2.28. The molecule has 4 atom stereocenters. The summed E-state index contributed by atoms with van der Waals surface area (Å²) >= 11 is 0. The lowest BCUT2D eigenvalue weighted by Crippen LogP contribution is -2.35. The highest BCUT2D eigenvalue weighted by Gasteiger charge is 2.38. The van der Waals surface area contributed by atoms with Gasteiger partial charge in [-0.15, -0.1) is 0 Å². The molecule has 0 saturated heterocycles. The second-order valence-corrected chi connectivity index (χ2v) is 5.65. The summed E-state index contributed by atoms with van der Waals surface area (Å²) in [6.07, 6.45) is 8.04. The zero-order valence-corrected chi connectivity index (χ0v) is 10.4. The Balaban J connectivity index is 2.27. The second-order valence-electron chi connectivity index (χ2n) is 5.65. The number of rotatable bonds is 2. The molecule has 0 heterocycles. The molecular formula is C15H22O. The fraction of sp³-hybridized carbons (Fsp3) is 0.667. The lowest BCUT2D eigenvalue weighted by atomic mass is 9.61. The Bertz CT molecular complexity index is 326. The van der Waals surface area contributed by atoms with Crippen molar-refractivity contribution in [1.29, 1.82) is 0 Å². The quantitative estimate of drug-likeness (QED) is 0.509. The van der Waals surface area contributed by atoms with E-state index in [1.807, 2.05) is 0 Å². The van der Waals surface area contributed by atoms with Gasteiger partial charge in [-0.05, 0) is 61.9 Å². The minimum absolute atomic E-state index is 0.579. The van der Waals surface area contributed by atoms with Gasteiger partial charge in [0.15, 0.2) is 0 Å². The molecule has 1 saturated carbocycles. The molecule has 0 radical (unpaired) electrons. The summed E-state index contributed by atoms with van der Waals surface area (Å²) < 4.78 is 0. The Hall–Kier alpha value is -0.850. The normalized spacial score (nSPS) is 38.5. The van der Waals surface area contributed by atoms with Gasteiger partial charge >= 0.3 is 0 Å². The standard InChI is InChI=1S/C15H22O/c1-10(2)13-6-4-11(3)14-7-5-12(9-16)8-15(13)14/h8-9,11,13-15H,1,4-7H2,2-3H3/t11-,13+,14+,15+/m1/s1. The highest BCUT2D eigenvalue weighted by atomic mass is 16.1. The first-order valence-corrected chi connectivity index (χ1v) is 6.44. The predicted octanol–water partition coefficient (Wildman–Crippen LogP) is 3.76. The van der Waals surface area contributed by atoms with E-state index in [4.69, 9.17) is 0 Å². The molecule has 1 heteroatoms. The third-order valence-electron chi connectivity index (χ3n) is 4.58.